The summed E-state index contributed by atoms with van der Waals surface area (Å²) in [5, 5.41) is 13.5. The van der Waals surface area contributed by atoms with Crippen molar-refractivity contribution in [2.75, 3.05) is 0 Å². The van der Waals surface area contributed by atoms with E-state index in [1.165, 1.54) is 24.0 Å². The molecule has 2 aliphatic rings. The Bertz CT molecular complexity index is 377. The molecule has 2 heteroatoms. The van der Waals surface area contributed by atoms with Crippen molar-refractivity contribution in [1.82, 2.24) is 5.32 Å². The number of fused-ring (bicyclic) bond motifs is 1. The smallest absolute Gasteiger partial charge is 0.0693 e. The molecule has 16 heavy (non-hydrogen) atoms. The second-order valence-electron chi connectivity index (χ2n) is 5.06. The molecule has 0 spiro atoms. The van der Waals surface area contributed by atoms with Gasteiger partial charge in [-0.05, 0) is 43.2 Å². The van der Waals surface area contributed by atoms with Gasteiger partial charge in [-0.2, -0.15) is 0 Å². The molecule has 0 heterocycles. The van der Waals surface area contributed by atoms with Gasteiger partial charge in [0.2, 0.25) is 0 Å². The highest BCUT2D eigenvalue weighted by Gasteiger charge is 2.30. The van der Waals surface area contributed by atoms with Crippen LogP contribution in [-0.2, 0) is 6.42 Å². The first-order valence-corrected chi connectivity index (χ1v) is 6.36. The van der Waals surface area contributed by atoms with E-state index in [-0.39, 0.29) is 6.10 Å². The molecular formula is C14H19NO. The molecule has 2 N–H and O–H groups in total. The van der Waals surface area contributed by atoms with Crippen molar-refractivity contribution < 1.29 is 5.11 Å². The van der Waals surface area contributed by atoms with Gasteiger partial charge in [0.1, 0.15) is 0 Å². The molecule has 1 aromatic rings. The third-order valence-electron chi connectivity index (χ3n) is 4.03. The van der Waals surface area contributed by atoms with Crippen molar-refractivity contribution in [3.8, 4) is 0 Å². The number of rotatable bonds is 2. The molecule has 86 valence electrons. The summed E-state index contributed by atoms with van der Waals surface area (Å²) in [5.74, 6) is 0. The summed E-state index contributed by atoms with van der Waals surface area (Å²) >= 11 is 0. The molecule has 0 aromatic heterocycles. The highest BCUT2D eigenvalue weighted by atomic mass is 16.3. The third-order valence-corrected chi connectivity index (χ3v) is 4.03. The SMILES string of the molecule is O[C@@H]1CCC[C@H]1NC1CCc2ccccc21. The molecular weight excluding hydrogens is 198 g/mol. The minimum atomic E-state index is -0.132. The fourth-order valence-electron chi connectivity index (χ4n) is 3.12. The molecule has 2 aliphatic carbocycles. The van der Waals surface area contributed by atoms with Gasteiger partial charge in [0.25, 0.3) is 0 Å². The molecule has 1 aromatic carbocycles. The Labute approximate surface area is 96.7 Å². The van der Waals surface area contributed by atoms with Crippen molar-refractivity contribution in [2.24, 2.45) is 0 Å². The Morgan fingerprint density at radius 1 is 1.12 bits per heavy atom. The van der Waals surface area contributed by atoms with E-state index in [1.807, 2.05) is 0 Å². The summed E-state index contributed by atoms with van der Waals surface area (Å²) in [7, 11) is 0. The van der Waals surface area contributed by atoms with Crippen LogP contribution in [0.1, 0.15) is 42.9 Å². The number of aliphatic hydroxyl groups excluding tert-OH is 1. The van der Waals surface area contributed by atoms with Gasteiger partial charge >= 0.3 is 0 Å². The summed E-state index contributed by atoms with van der Waals surface area (Å²) in [4.78, 5) is 0. The van der Waals surface area contributed by atoms with E-state index >= 15 is 0 Å². The molecule has 0 radical (unpaired) electrons. The monoisotopic (exact) mass is 217 g/mol. The average molecular weight is 217 g/mol. The first kappa shape index (κ1) is 10.3. The second kappa shape index (κ2) is 4.19. The molecule has 0 aliphatic heterocycles. The molecule has 1 fully saturated rings. The van der Waals surface area contributed by atoms with Gasteiger partial charge in [-0.3, -0.25) is 0 Å². The molecule has 0 saturated heterocycles. The topological polar surface area (TPSA) is 32.3 Å². The third kappa shape index (κ3) is 1.76. The van der Waals surface area contributed by atoms with Gasteiger partial charge in [-0.15, -0.1) is 0 Å². The van der Waals surface area contributed by atoms with Crippen molar-refractivity contribution in [2.45, 2.75) is 50.3 Å². The highest BCUT2D eigenvalue weighted by Crippen LogP contribution is 2.32. The van der Waals surface area contributed by atoms with Crippen LogP contribution < -0.4 is 5.32 Å². The fraction of sp³-hybridized carbons (Fsp3) is 0.571. The Kier molecular flexibility index (Phi) is 2.70. The predicted molar refractivity (Wildman–Crippen MR) is 64.3 cm³/mol. The Morgan fingerprint density at radius 3 is 2.81 bits per heavy atom. The predicted octanol–water partition coefficient (Wildman–Crippen LogP) is 2.18. The van der Waals surface area contributed by atoms with Crippen molar-refractivity contribution in [1.29, 1.82) is 0 Å². The maximum atomic E-state index is 9.83. The Balaban J connectivity index is 1.73. The van der Waals surface area contributed by atoms with Crippen LogP contribution >= 0.6 is 0 Å². The van der Waals surface area contributed by atoms with Crippen LogP contribution in [0.2, 0.25) is 0 Å². The fourth-order valence-corrected chi connectivity index (χ4v) is 3.12. The van der Waals surface area contributed by atoms with Crippen LogP contribution in [-0.4, -0.2) is 17.3 Å². The molecule has 3 rings (SSSR count). The second-order valence-corrected chi connectivity index (χ2v) is 5.06. The zero-order valence-electron chi connectivity index (χ0n) is 9.52. The maximum absolute atomic E-state index is 9.83. The highest BCUT2D eigenvalue weighted by molar-refractivity contribution is 5.34. The van der Waals surface area contributed by atoms with Crippen LogP contribution in [0, 0.1) is 0 Å². The van der Waals surface area contributed by atoms with E-state index in [9.17, 15) is 5.11 Å². The summed E-state index contributed by atoms with van der Waals surface area (Å²) in [6, 6.07) is 9.46. The molecule has 0 amide bonds. The lowest BCUT2D eigenvalue weighted by atomic mass is 10.1. The van der Waals surface area contributed by atoms with E-state index in [4.69, 9.17) is 0 Å². The largest absolute Gasteiger partial charge is 0.392 e. The first-order chi connectivity index (χ1) is 7.84. The van der Waals surface area contributed by atoms with E-state index < -0.39 is 0 Å². The molecule has 3 atom stereocenters. The number of benzene rings is 1. The first-order valence-electron chi connectivity index (χ1n) is 6.36. The summed E-state index contributed by atoms with van der Waals surface area (Å²) in [6.07, 6.45) is 5.48. The Morgan fingerprint density at radius 2 is 2.00 bits per heavy atom. The van der Waals surface area contributed by atoms with Gasteiger partial charge in [0, 0.05) is 12.1 Å². The number of hydrogen-bond acceptors (Lipinski definition) is 2. The van der Waals surface area contributed by atoms with Gasteiger partial charge in [0.15, 0.2) is 0 Å². The number of aryl methyl sites for hydroxylation is 1. The van der Waals surface area contributed by atoms with Crippen LogP contribution in [0.15, 0.2) is 24.3 Å². The lowest BCUT2D eigenvalue weighted by Gasteiger charge is -2.22. The van der Waals surface area contributed by atoms with E-state index in [0.29, 0.717) is 12.1 Å². The van der Waals surface area contributed by atoms with Crippen molar-refractivity contribution in [3.63, 3.8) is 0 Å². The Hall–Kier alpha value is -0.860. The standard InChI is InChI=1S/C14H19NO/c16-14-7-3-6-13(14)15-12-9-8-10-4-1-2-5-11(10)12/h1-2,4-5,12-16H,3,6-9H2/t12?,13-,14-/m1/s1. The van der Waals surface area contributed by atoms with Gasteiger partial charge in [0.05, 0.1) is 6.10 Å². The average Bonchev–Trinajstić information content (AvgIpc) is 2.88. The van der Waals surface area contributed by atoms with Gasteiger partial charge < -0.3 is 10.4 Å². The summed E-state index contributed by atoms with van der Waals surface area (Å²) in [6.45, 7) is 0. The van der Waals surface area contributed by atoms with E-state index in [1.54, 1.807) is 0 Å². The molecule has 1 saturated carbocycles. The normalized spacial score (nSPS) is 32.9. The van der Waals surface area contributed by atoms with E-state index in [0.717, 1.165) is 19.3 Å². The van der Waals surface area contributed by atoms with E-state index in [2.05, 4.69) is 29.6 Å². The number of hydrogen-bond donors (Lipinski definition) is 2. The van der Waals surface area contributed by atoms with Crippen LogP contribution in [0.5, 0.6) is 0 Å². The van der Waals surface area contributed by atoms with Gasteiger partial charge in [-0.1, -0.05) is 24.3 Å². The number of aliphatic hydroxyl groups is 1. The van der Waals surface area contributed by atoms with Crippen LogP contribution in [0.4, 0.5) is 0 Å². The minimum Gasteiger partial charge on any atom is -0.392 e. The van der Waals surface area contributed by atoms with Gasteiger partial charge in [-0.25, -0.2) is 0 Å². The quantitative estimate of drug-likeness (QED) is 0.795. The van der Waals surface area contributed by atoms with Crippen LogP contribution in [0.25, 0.3) is 0 Å². The minimum absolute atomic E-state index is 0.132. The van der Waals surface area contributed by atoms with Crippen molar-refractivity contribution in [3.05, 3.63) is 35.4 Å². The van der Waals surface area contributed by atoms with Crippen molar-refractivity contribution >= 4 is 0 Å². The lowest BCUT2D eigenvalue weighted by Crippen LogP contribution is -2.37. The molecule has 2 nitrogen and oxygen atoms in total. The zero-order valence-corrected chi connectivity index (χ0v) is 9.52. The maximum Gasteiger partial charge on any atom is 0.0693 e. The summed E-state index contributed by atoms with van der Waals surface area (Å²) < 4.78 is 0. The number of nitrogens with one attached hydrogen (secondary N) is 1. The lowest BCUT2D eigenvalue weighted by molar-refractivity contribution is 0.143. The van der Waals surface area contributed by atoms with Crippen LogP contribution in [0.3, 0.4) is 0 Å². The molecule has 1 unspecified atom stereocenters. The zero-order chi connectivity index (χ0) is 11.0. The summed E-state index contributed by atoms with van der Waals surface area (Å²) in [5.41, 5.74) is 2.93. The molecule has 0 bridgehead atoms.